The Hall–Kier alpha value is -2.76. The number of fused-ring (bicyclic) bond motifs is 1. The highest BCUT2D eigenvalue weighted by Crippen LogP contribution is 2.28. The second-order valence-electron chi connectivity index (χ2n) is 5.82. The van der Waals surface area contributed by atoms with Crippen molar-refractivity contribution in [1.29, 1.82) is 0 Å². The lowest BCUT2D eigenvalue weighted by atomic mass is 10.1. The van der Waals surface area contributed by atoms with Gasteiger partial charge < -0.3 is 19.5 Å². The van der Waals surface area contributed by atoms with Crippen molar-refractivity contribution in [3.63, 3.8) is 0 Å². The largest absolute Gasteiger partial charge is 0.459 e. The third-order valence-electron chi connectivity index (χ3n) is 4.38. The van der Waals surface area contributed by atoms with Gasteiger partial charge in [-0.2, -0.15) is 0 Å². The fourth-order valence-electron chi connectivity index (χ4n) is 3.14. The van der Waals surface area contributed by atoms with Crippen LogP contribution in [0.3, 0.4) is 0 Å². The van der Waals surface area contributed by atoms with Crippen molar-refractivity contribution in [2.45, 2.75) is 6.42 Å². The van der Waals surface area contributed by atoms with E-state index in [1.54, 1.807) is 12.1 Å². The average Bonchev–Trinajstić information content (AvgIpc) is 3.22. The summed E-state index contributed by atoms with van der Waals surface area (Å²) >= 11 is 0. The zero-order chi connectivity index (χ0) is 15.8. The highest BCUT2D eigenvalue weighted by atomic mass is 16.3. The minimum atomic E-state index is -0.0570. The Kier molecular flexibility index (Phi) is 3.29. The summed E-state index contributed by atoms with van der Waals surface area (Å²) in [6.45, 7) is 2.86. The number of piperazine rings is 1. The highest BCUT2D eigenvalue weighted by molar-refractivity contribution is 5.99. The molecule has 0 aliphatic carbocycles. The predicted molar refractivity (Wildman–Crippen MR) is 85.6 cm³/mol. The monoisotopic (exact) mass is 311 g/mol. The van der Waals surface area contributed by atoms with Gasteiger partial charge in [0.2, 0.25) is 5.91 Å². The number of amides is 2. The topological polar surface area (TPSA) is 65.8 Å². The van der Waals surface area contributed by atoms with Crippen LogP contribution in [-0.2, 0) is 11.2 Å². The van der Waals surface area contributed by atoms with Crippen LogP contribution in [0.1, 0.15) is 16.1 Å². The molecule has 3 heterocycles. The molecule has 6 nitrogen and oxygen atoms in total. The van der Waals surface area contributed by atoms with Crippen LogP contribution in [0.4, 0.5) is 11.4 Å². The molecule has 0 radical (unpaired) electrons. The first kappa shape index (κ1) is 13.9. The summed E-state index contributed by atoms with van der Waals surface area (Å²) in [7, 11) is 0. The first-order valence-corrected chi connectivity index (χ1v) is 7.71. The van der Waals surface area contributed by atoms with Crippen molar-refractivity contribution in [2.24, 2.45) is 0 Å². The van der Waals surface area contributed by atoms with E-state index in [9.17, 15) is 9.59 Å². The van der Waals surface area contributed by atoms with Crippen molar-refractivity contribution < 1.29 is 14.0 Å². The molecule has 1 N–H and O–H groups in total. The number of nitrogens with one attached hydrogen (secondary N) is 1. The molecule has 0 atom stereocenters. The maximum atomic E-state index is 12.3. The first-order valence-electron chi connectivity index (χ1n) is 7.71. The van der Waals surface area contributed by atoms with E-state index in [1.807, 2.05) is 17.0 Å². The van der Waals surface area contributed by atoms with E-state index in [-0.39, 0.29) is 11.8 Å². The van der Waals surface area contributed by atoms with Gasteiger partial charge in [-0.15, -0.1) is 0 Å². The molecule has 1 aromatic heterocycles. The maximum absolute atomic E-state index is 12.3. The lowest BCUT2D eigenvalue weighted by Crippen LogP contribution is -2.48. The number of hydrogen-bond acceptors (Lipinski definition) is 4. The Labute approximate surface area is 133 Å². The zero-order valence-corrected chi connectivity index (χ0v) is 12.6. The molecule has 4 rings (SSSR count). The number of benzene rings is 1. The Morgan fingerprint density at radius 3 is 2.70 bits per heavy atom. The van der Waals surface area contributed by atoms with E-state index in [0.717, 1.165) is 30.0 Å². The molecule has 2 aliphatic heterocycles. The number of carbonyl (C=O) groups is 2. The molecule has 23 heavy (non-hydrogen) atoms. The van der Waals surface area contributed by atoms with Crippen LogP contribution < -0.4 is 10.2 Å². The molecule has 2 aromatic rings. The van der Waals surface area contributed by atoms with Gasteiger partial charge in [0.15, 0.2) is 5.76 Å². The Bertz CT molecular complexity index is 746. The number of rotatable bonds is 2. The van der Waals surface area contributed by atoms with E-state index in [1.165, 1.54) is 6.26 Å². The van der Waals surface area contributed by atoms with E-state index >= 15 is 0 Å². The van der Waals surface area contributed by atoms with Crippen LogP contribution in [0, 0.1) is 0 Å². The van der Waals surface area contributed by atoms with Crippen LogP contribution in [0.15, 0.2) is 41.0 Å². The second kappa shape index (κ2) is 5.46. The normalized spacial score (nSPS) is 17.1. The summed E-state index contributed by atoms with van der Waals surface area (Å²) in [6, 6.07) is 9.46. The molecule has 118 valence electrons. The van der Waals surface area contributed by atoms with Crippen molar-refractivity contribution in [3.8, 4) is 0 Å². The number of anilines is 2. The summed E-state index contributed by atoms with van der Waals surface area (Å²) in [5, 5.41) is 2.84. The fraction of sp³-hybridized carbons (Fsp3) is 0.294. The Balaban J connectivity index is 1.43. The van der Waals surface area contributed by atoms with Crippen LogP contribution >= 0.6 is 0 Å². The number of carbonyl (C=O) groups excluding carboxylic acids is 2. The van der Waals surface area contributed by atoms with Gasteiger partial charge >= 0.3 is 0 Å². The summed E-state index contributed by atoms with van der Waals surface area (Å²) in [5.41, 5.74) is 3.05. The lowest BCUT2D eigenvalue weighted by Gasteiger charge is -2.35. The van der Waals surface area contributed by atoms with E-state index in [4.69, 9.17) is 4.42 Å². The molecule has 1 aromatic carbocycles. The minimum Gasteiger partial charge on any atom is -0.459 e. The summed E-state index contributed by atoms with van der Waals surface area (Å²) < 4.78 is 5.18. The van der Waals surface area contributed by atoms with Crippen LogP contribution in [0.2, 0.25) is 0 Å². The van der Waals surface area contributed by atoms with Gasteiger partial charge in [0.05, 0.1) is 12.7 Å². The van der Waals surface area contributed by atoms with Gasteiger partial charge in [0.25, 0.3) is 5.91 Å². The zero-order valence-electron chi connectivity index (χ0n) is 12.6. The summed E-state index contributed by atoms with van der Waals surface area (Å²) in [4.78, 5) is 27.8. The van der Waals surface area contributed by atoms with Crippen molar-refractivity contribution in [3.05, 3.63) is 47.9 Å². The molecular weight excluding hydrogens is 294 g/mol. The van der Waals surface area contributed by atoms with Crippen molar-refractivity contribution >= 4 is 23.2 Å². The molecule has 2 amide bonds. The quantitative estimate of drug-likeness (QED) is 0.917. The van der Waals surface area contributed by atoms with Crippen molar-refractivity contribution in [2.75, 3.05) is 36.4 Å². The molecule has 0 saturated carbocycles. The van der Waals surface area contributed by atoms with E-state index in [0.29, 0.717) is 25.3 Å². The van der Waals surface area contributed by atoms with Crippen LogP contribution in [0.25, 0.3) is 0 Å². The summed E-state index contributed by atoms with van der Waals surface area (Å²) in [5.74, 6) is 0.380. The highest BCUT2D eigenvalue weighted by Gasteiger charge is 2.25. The predicted octanol–water partition coefficient (Wildman–Crippen LogP) is 1.74. The standard InChI is InChI=1S/C17H17N3O3/c21-16-11-12-10-13(3-4-14(12)18-16)19-5-7-20(8-6-19)17(22)15-2-1-9-23-15/h1-4,9-10H,5-8,11H2,(H,18,21). The number of furan rings is 1. The van der Waals surface area contributed by atoms with Gasteiger partial charge in [0, 0.05) is 37.6 Å². The third-order valence-corrected chi connectivity index (χ3v) is 4.38. The molecule has 0 bridgehead atoms. The van der Waals surface area contributed by atoms with Crippen LogP contribution in [-0.4, -0.2) is 42.9 Å². The smallest absolute Gasteiger partial charge is 0.289 e. The molecule has 2 aliphatic rings. The number of nitrogens with zero attached hydrogens (tertiary/aromatic N) is 2. The molecule has 0 spiro atoms. The van der Waals surface area contributed by atoms with Gasteiger partial charge in [-0.05, 0) is 35.9 Å². The van der Waals surface area contributed by atoms with Gasteiger partial charge in [-0.1, -0.05) is 0 Å². The Morgan fingerprint density at radius 2 is 1.96 bits per heavy atom. The Morgan fingerprint density at radius 1 is 1.13 bits per heavy atom. The first-order chi connectivity index (χ1) is 11.2. The van der Waals surface area contributed by atoms with Gasteiger partial charge in [-0.3, -0.25) is 9.59 Å². The lowest BCUT2D eigenvalue weighted by molar-refractivity contribution is -0.115. The molecule has 1 fully saturated rings. The second-order valence-corrected chi connectivity index (χ2v) is 5.82. The fourth-order valence-corrected chi connectivity index (χ4v) is 3.14. The average molecular weight is 311 g/mol. The molecule has 0 unspecified atom stereocenters. The van der Waals surface area contributed by atoms with Gasteiger partial charge in [-0.25, -0.2) is 0 Å². The van der Waals surface area contributed by atoms with Gasteiger partial charge in [0.1, 0.15) is 0 Å². The van der Waals surface area contributed by atoms with Crippen molar-refractivity contribution in [1.82, 2.24) is 4.90 Å². The molecule has 1 saturated heterocycles. The van der Waals surface area contributed by atoms with E-state index < -0.39 is 0 Å². The minimum absolute atomic E-state index is 0.0472. The molecular formula is C17H17N3O3. The maximum Gasteiger partial charge on any atom is 0.289 e. The summed E-state index contributed by atoms with van der Waals surface area (Å²) in [6.07, 6.45) is 1.96. The van der Waals surface area contributed by atoms with Crippen LogP contribution in [0.5, 0.6) is 0 Å². The number of hydrogen-bond donors (Lipinski definition) is 1. The third kappa shape index (κ3) is 2.56. The van der Waals surface area contributed by atoms with E-state index in [2.05, 4.69) is 16.3 Å². The SMILES string of the molecule is O=C1Cc2cc(N3CCN(C(=O)c4ccco4)CC3)ccc2N1. The molecule has 6 heteroatoms.